The highest BCUT2D eigenvalue weighted by Gasteiger charge is 2.28. The molecule has 0 saturated heterocycles. The molecule has 5 heteroatoms. The Morgan fingerprint density at radius 3 is 2.75 bits per heavy atom. The van der Waals surface area contributed by atoms with Crippen molar-refractivity contribution in [2.75, 3.05) is 13.3 Å². The van der Waals surface area contributed by atoms with E-state index in [2.05, 4.69) is 36.1 Å². The molecule has 2 aromatic carbocycles. The fraction of sp³-hybridized carbons (Fsp3) is 0.348. The maximum absolute atomic E-state index is 12.5. The third-order valence-electron chi connectivity index (χ3n) is 5.94. The second-order valence-electron chi connectivity index (χ2n) is 7.84. The van der Waals surface area contributed by atoms with Gasteiger partial charge < -0.3 is 9.15 Å². The van der Waals surface area contributed by atoms with Crippen LogP contribution in [-0.2, 0) is 19.4 Å². The van der Waals surface area contributed by atoms with Crippen molar-refractivity contribution in [3.05, 3.63) is 74.1 Å². The number of ether oxygens (including phenoxy) is 1. The lowest BCUT2D eigenvalue weighted by molar-refractivity contribution is 0.0910. The van der Waals surface area contributed by atoms with Gasteiger partial charge in [0.15, 0.2) is 0 Å². The summed E-state index contributed by atoms with van der Waals surface area (Å²) in [4.78, 5) is 14.7. The molecule has 0 bridgehead atoms. The standard InChI is InChI=1S/C23H22ClNO3/c1-14(15-6-3-2-4-7-15)11-25-12-19-21-18(10-20(24)22(19)27-13-25)16-8-5-9-17(16)23(26)28-21/h2-4,6-7,10,14H,5,8-9,11-13H2,1H3. The largest absolute Gasteiger partial charge is 0.476 e. The Labute approximate surface area is 168 Å². The van der Waals surface area contributed by atoms with E-state index in [1.807, 2.05) is 12.1 Å². The van der Waals surface area contributed by atoms with Gasteiger partial charge in [-0.2, -0.15) is 0 Å². The van der Waals surface area contributed by atoms with E-state index < -0.39 is 0 Å². The highest BCUT2D eigenvalue weighted by molar-refractivity contribution is 6.33. The average molecular weight is 396 g/mol. The Bertz CT molecular complexity index is 1110. The molecule has 0 saturated carbocycles. The molecule has 5 rings (SSSR count). The van der Waals surface area contributed by atoms with E-state index in [9.17, 15) is 4.79 Å². The van der Waals surface area contributed by atoms with Crippen LogP contribution in [0.3, 0.4) is 0 Å². The summed E-state index contributed by atoms with van der Waals surface area (Å²) in [5, 5.41) is 1.57. The minimum Gasteiger partial charge on any atom is -0.476 e. The molecule has 1 aliphatic heterocycles. The van der Waals surface area contributed by atoms with Crippen molar-refractivity contribution < 1.29 is 9.15 Å². The topological polar surface area (TPSA) is 42.7 Å². The van der Waals surface area contributed by atoms with Gasteiger partial charge in [0.25, 0.3) is 0 Å². The number of hydrogen-bond acceptors (Lipinski definition) is 4. The monoisotopic (exact) mass is 395 g/mol. The highest BCUT2D eigenvalue weighted by Crippen LogP contribution is 2.41. The van der Waals surface area contributed by atoms with E-state index in [1.165, 1.54) is 5.56 Å². The summed E-state index contributed by atoms with van der Waals surface area (Å²) in [6, 6.07) is 12.4. The predicted octanol–water partition coefficient (Wildman–Crippen LogP) is 4.89. The Hall–Kier alpha value is -2.30. The van der Waals surface area contributed by atoms with Gasteiger partial charge in [-0.05, 0) is 42.4 Å². The first-order valence-corrected chi connectivity index (χ1v) is 10.2. The molecule has 2 heterocycles. The quantitative estimate of drug-likeness (QED) is 0.592. The summed E-state index contributed by atoms with van der Waals surface area (Å²) >= 11 is 6.55. The second-order valence-corrected chi connectivity index (χ2v) is 8.25. The molecule has 1 unspecified atom stereocenters. The molecular formula is C23H22ClNO3. The van der Waals surface area contributed by atoms with Crippen molar-refractivity contribution in [1.82, 2.24) is 4.90 Å². The number of fused-ring (bicyclic) bond motifs is 5. The zero-order valence-electron chi connectivity index (χ0n) is 15.8. The minimum atomic E-state index is -0.209. The lowest BCUT2D eigenvalue weighted by Crippen LogP contribution is -2.35. The number of nitrogens with zero attached hydrogens (tertiary/aromatic N) is 1. The van der Waals surface area contributed by atoms with Crippen LogP contribution in [0.1, 0.15) is 41.5 Å². The molecule has 4 nitrogen and oxygen atoms in total. The Morgan fingerprint density at radius 2 is 1.93 bits per heavy atom. The lowest BCUT2D eigenvalue weighted by atomic mass is 9.99. The van der Waals surface area contributed by atoms with Crippen LogP contribution in [-0.4, -0.2) is 18.2 Å². The molecule has 0 amide bonds. The van der Waals surface area contributed by atoms with Crippen LogP contribution in [0.15, 0.2) is 45.6 Å². The molecule has 2 aliphatic rings. The number of halogens is 1. The molecular weight excluding hydrogens is 374 g/mol. The van der Waals surface area contributed by atoms with Crippen LogP contribution >= 0.6 is 11.6 Å². The zero-order chi connectivity index (χ0) is 19.3. The Balaban J connectivity index is 1.52. The van der Waals surface area contributed by atoms with Crippen LogP contribution in [0.25, 0.3) is 11.0 Å². The van der Waals surface area contributed by atoms with Gasteiger partial charge in [0, 0.05) is 24.0 Å². The number of aryl methyl sites for hydroxylation is 1. The van der Waals surface area contributed by atoms with Gasteiger partial charge in [0.1, 0.15) is 18.1 Å². The number of rotatable bonds is 3. The Kier molecular flexibility index (Phi) is 4.41. The molecule has 0 spiro atoms. The van der Waals surface area contributed by atoms with Crippen molar-refractivity contribution in [3.8, 4) is 5.75 Å². The van der Waals surface area contributed by atoms with E-state index in [0.29, 0.717) is 35.5 Å². The van der Waals surface area contributed by atoms with Crippen molar-refractivity contribution in [3.63, 3.8) is 0 Å². The SMILES string of the molecule is CC(CN1COc2c(Cl)cc3c4c(c(=O)oc3c2C1)CCC4)c1ccccc1. The van der Waals surface area contributed by atoms with Crippen LogP contribution in [0.2, 0.25) is 5.02 Å². The molecule has 0 N–H and O–H groups in total. The van der Waals surface area contributed by atoms with Crippen LogP contribution in [0.5, 0.6) is 5.75 Å². The maximum Gasteiger partial charge on any atom is 0.339 e. The van der Waals surface area contributed by atoms with Crippen molar-refractivity contribution in [2.45, 2.75) is 38.6 Å². The van der Waals surface area contributed by atoms with Gasteiger partial charge in [0.05, 0.1) is 10.6 Å². The summed E-state index contributed by atoms with van der Waals surface area (Å²) < 4.78 is 11.8. The van der Waals surface area contributed by atoms with Gasteiger partial charge in [-0.15, -0.1) is 0 Å². The van der Waals surface area contributed by atoms with Gasteiger partial charge >= 0.3 is 5.63 Å². The van der Waals surface area contributed by atoms with Crippen LogP contribution in [0.4, 0.5) is 0 Å². The maximum atomic E-state index is 12.5. The molecule has 1 aromatic heterocycles. The van der Waals surface area contributed by atoms with Gasteiger partial charge in [-0.1, -0.05) is 48.9 Å². The molecule has 0 radical (unpaired) electrons. The van der Waals surface area contributed by atoms with E-state index in [0.717, 1.165) is 47.9 Å². The molecule has 28 heavy (non-hydrogen) atoms. The van der Waals surface area contributed by atoms with Crippen LogP contribution < -0.4 is 10.4 Å². The summed E-state index contributed by atoms with van der Waals surface area (Å²) in [5.74, 6) is 1.02. The first-order valence-electron chi connectivity index (χ1n) is 9.82. The average Bonchev–Trinajstić information content (AvgIpc) is 3.21. The third kappa shape index (κ3) is 2.92. The van der Waals surface area contributed by atoms with Crippen LogP contribution in [0, 0.1) is 0 Å². The lowest BCUT2D eigenvalue weighted by Gasteiger charge is -2.31. The van der Waals surface area contributed by atoms with Crippen molar-refractivity contribution in [2.24, 2.45) is 0 Å². The van der Waals surface area contributed by atoms with Gasteiger partial charge in [-0.25, -0.2) is 4.79 Å². The minimum absolute atomic E-state index is 0.209. The smallest absolute Gasteiger partial charge is 0.339 e. The normalized spacial score (nSPS) is 17.2. The predicted molar refractivity (Wildman–Crippen MR) is 110 cm³/mol. The molecule has 1 atom stereocenters. The molecule has 0 fully saturated rings. The highest BCUT2D eigenvalue weighted by atomic mass is 35.5. The number of benzene rings is 2. The van der Waals surface area contributed by atoms with Crippen molar-refractivity contribution in [1.29, 1.82) is 0 Å². The van der Waals surface area contributed by atoms with Crippen molar-refractivity contribution >= 4 is 22.6 Å². The Morgan fingerprint density at radius 1 is 1.14 bits per heavy atom. The van der Waals surface area contributed by atoms with E-state index in [4.69, 9.17) is 20.8 Å². The molecule has 144 valence electrons. The fourth-order valence-corrected chi connectivity index (χ4v) is 4.82. The first kappa shape index (κ1) is 17.8. The van der Waals surface area contributed by atoms with E-state index in [-0.39, 0.29) is 5.63 Å². The molecule has 1 aliphatic carbocycles. The first-order chi connectivity index (χ1) is 13.6. The fourth-order valence-electron chi connectivity index (χ4n) is 4.55. The third-order valence-corrected chi connectivity index (χ3v) is 6.22. The second kappa shape index (κ2) is 6.94. The summed E-state index contributed by atoms with van der Waals surface area (Å²) in [7, 11) is 0. The summed E-state index contributed by atoms with van der Waals surface area (Å²) in [6.45, 7) is 4.20. The number of hydrogen-bond donors (Lipinski definition) is 0. The molecule has 3 aromatic rings. The summed E-state index contributed by atoms with van der Waals surface area (Å²) in [6.07, 6.45) is 2.69. The van der Waals surface area contributed by atoms with Gasteiger partial charge in [-0.3, -0.25) is 4.90 Å². The van der Waals surface area contributed by atoms with E-state index in [1.54, 1.807) is 0 Å². The van der Waals surface area contributed by atoms with E-state index >= 15 is 0 Å². The van der Waals surface area contributed by atoms with Gasteiger partial charge in [0.2, 0.25) is 0 Å². The zero-order valence-corrected chi connectivity index (χ0v) is 16.6. The summed E-state index contributed by atoms with van der Waals surface area (Å²) in [5.41, 5.74) is 4.54.